The molecular formula is C12H16BrFN2O3S. The van der Waals surface area contributed by atoms with Crippen molar-refractivity contribution in [2.75, 3.05) is 18.8 Å². The summed E-state index contributed by atoms with van der Waals surface area (Å²) in [7, 11) is -3.77. The van der Waals surface area contributed by atoms with Gasteiger partial charge in [-0.15, -0.1) is 0 Å². The SMILES string of the molecule is CC(O)C1CCN(S(=O)(=O)c2cc(Br)c(F)cc2N)C1. The minimum atomic E-state index is -3.77. The first kappa shape index (κ1) is 15.7. The largest absolute Gasteiger partial charge is 0.398 e. The summed E-state index contributed by atoms with van der Waals surface area (Å²) < 4.78 is 39.7. The van der Waals surface area contributed by atoms with Crippen LogP contribution in [0.3, 0.4) is 0 Å². The van der Waals surface area contributed by atoms with E-state index in [1.807, 2.05) is 0 Å². The summed E-state index contributed by atoms with van der Waals surface area (Å²) in [6.07, 6.45) is 0.0339. The monoisotopic (exact) mass is 366 g/mol. The third-order valence-corrected chi connectivity index (χ3v) is 6.07. The van der Waals surface area contributed by atoms with Crippen molar-refractivity contribution in [1.29, 1.82) is 0 Å². The van der Waals surface area contributed by atoms with Crippen LogP contribution in [0.5, 0.6) is 0 Å². The molecule has 2 atom stereocenters. The van der Waals surface area contributed by atoms with Gasteiger partial charge in [-0.3, -0.25) is 0 Å². The maximum atomic E-state index is 13.3. The van der Waals surface area contributed by atoms with Crippen molar-refractivity contribution in [2.45, 2.75) is 24.3 Å². The van der Waals surface area contributed by atoms with Crippen molar-refractivity contribution in [3.8, 4) is 0 Å². The van der Waals surface area contributed by atoms with Gasteiger partial charge < -0.3 is 10.8 Å². The molecule has 1 aliphatic rings. The Balaban J connectivity index is 2.35. The third kappa shape index (κ3) is 2.83. The summed E-state index contributed by atoms with van der Waals surface area (Å²) >= 11 is 2.96. The van der Waals surface area contributed by atoms with Crippen molar-refractivity contribution in [3.05, 3.63) is 22.4 Å². The number of benzene rings is 1. The van der Waals surface area contributed by atoms with Gasteiger partial charge in [-0.05, 0) is 47.3 Å². The summed E-state index contributed by atoms with van der Waals surface area (Å²) in [5.74, 6) is -0.695. The summed E-state index contributed by atoms with van der Waals surface area (Å²) in [4.78, 5) is -0.114. The predicted molar refractivity (Wildman–Crippen MR) is 77.1 cm³/mol. The number of halogens is 2. The highest BCUT2D eigenvalue weighted by molar-refractivity contribution is 9.10. The minimum Gasteiger partial charge on any atom is -0.398 e. The van der Waals surface area contributed by atoms with Crippen LogP contribution >= 0.6 is 15.9 Å². The number of nitrogen functional groups attached to an aromatic ring is 1. The number of rotatable bonds is 3. The normalized spacial score (nSPS) is 22.1. The molecule has 0 bridgehead atoms. The smallest absolute Gasteiger partial charge is 0.245 e. The fraction of sp³-hybridized carbons (Fsp3) is 0.500. The van der Waals surface area contributed by atoms with Crippen LogP contribution in [0.15, 0.2) is 21.5 Å². The lowest BCUT2D eigenvalue weighted by atomic mass is 10.0. The van der Waals surface area contributed by atoms with Crippen LogP contribution in [-0.2, 0) is 10.0 Å². The molecule has 2 unspecified atom stereocenters. The second-order valence-electron chi connectivity index (χ2n) is 4.96. The minimum absolute atomic E-state index is 0.0524. The zero-order chi connectivity index (χ0) is 15.1. The molecule has 5 nitrogen and oxygen atoms in total. The molecular weight excluding hydrogens is 351 g/mol. The van der Waals surface area contributed by atoms with Gasteiger partial charge in [-0.25, -0.2) is 12.8 Å². The summed E-state index contributed by atoms with van der Waals surface area (Å²) in [5.41, 5.74) is 5.50. The van der Waals surface area contributed by atoms with Gasteiger partial charge in [0.2, 0.25) is 10.0 Å². The van der Waals surface area contributed by atoms with Gasteiger partial charge in [0.15, 0.2) is 0 Å². The summed E-state index contributed by atoms with van der Waals surface area (Å²) in [6, 6.07) is 2.16. The maximum Gasteiger partial charge on any atom is 0.245 e. The van der Waals surface area contributed by atoms with Crippen LogP contribution in [0.2, 0.25) is 0 Å². The summed E-state index contributed by atoms with van der Waals surface area (Å²) in [6.45, 7) is 2.21. The number of sulfonamides is 1. The van der Waals surface area contributed by atoms with Crippen molar-refractivity contribution < 1.29 is 17.9 Å². The Morgan fingerprint density at radius 3 is 2.75 bits per heavy atom. The average Bonchev–Trinajstić information content (AvgIpc) is 2.83. The van der Waals surface area contributed by atoms with E-state index >= 15 is 0 Å². The summed E-state index contributed by atoms with van der Waals surface area (Å²) in [5, 5.41) is 9.54. The first-order chi connectivity index (χ1) is 9.23. The molecule has 1 heterocycles. The van der Waals surface area contributed by atoms with Gasteiger partial charge in [-0.1, -0.05) is 0 Å². The second kappa shape index (κ2) is 5.59. The molecule has 1 aromatic carbocycles. The third-order valence-electron chi connectivity index (χ3n) is 3.54. The molecule has 0 radical (unpaired) electrons. The zero-order valence-corrected chi connectivity index (χ0v) is 13.3. The fourth-order valence-electron chi connectivity index (χ4n) is 2.27. The predicted octanol–water partition coefficient (Wildman–Crippen LogP) is 1.56. The van der Waals surface area contributed by atoms with Gasteiger partial charge in [0, 0.05) is 13.1 Å². The zero-order valence-electron chi connectivity index (χ0n) is 10.9. The van der Waals surface area contributed by atoms with Crippen LogP contribution in [-0.4, -0.2) is 37.0 Å². The number of hydrogen-bond donors (Lipinski definition) is 2. The van der Waals surface area contributed by atoms with E-state index in [-0.39, 0.29) is 27.5 Å². The molecule has 0 saturated carbocycles. The standard InChI is InChI=1S/C12H16BrFN2O3S/c1-7(17)8-2-3-16(6-8)20(18,19)12-4-9(13)10(14)5-11(12)15/h4-5,7-8,17H,2-3,6,15H2,1H3. The van der Waals surface area contributed by atoms with E-state index in [4.69, 9.17) is 5.73 Å². The maximum absolute atomic E-state index is 13.3. The molecule has 2 rings (SSSR count). The number of hydrogen-bond acceptors (Lipinski definition) is 4. The number of nitrogens with two attached hydrogens (primary N) is 1. The molecule has 0 aromatic heterocycles. The lowest BCUT2D eigenvalue weighted by Gasteiger charge is -2.19. The van der Waals surface area contributed by atoms with E-state index in [1.165, 1.54) is 10.4 Å². The Hall–Kier alpha value is -0.700. The molecule has 1 fully saturated rings. The van der Waals surface area contributed by atoms with E-state index in [2.05, 4.69) is 15.9 Å². The van der Waals surface area contributed by atoms with E-state index in [9.17, 15) is 17.9 Å². The van der Waals surface area contributed by atoms with Crippen LogP contribution in [0.1, 0.15) is 13.3 Å². The Bertz CT molecular complexity index is 621. The first-order valence-corrected chi connectivity index (χ1v) is 8.39. The number of aliphatic hydroxyl groups excluding tert-OH is 1. The van der Waals surface area contributed by atoms with Gasteiger partial charge in [0.1, 0.15) is 10.7 Å². The fourth-order valence-corrected chi connectivity index (χ4v) is 4.40. The molecule has 0 aliphatic carbocycles. The lowest BCUT2D eigenvalue weighted by Crippen LogP contribution is -2.31. The average molecular weight is 367 g/mol. The Labute approximate surface area is 125 Å². The number of anilines is 1. The van der Waals surface area contributed by atoms with Crippen molar-refractivity contribution in [3.63, 3.8) is 0 Å². The second-order valence-corrected chi connectivity index (χ2v) is 7.72. The quantitative estimate of drug-likeness (QED) is 0.795. The van der Waals surface area contributed by atoms with Crippen molar-refractivity contribution in [2.24, 2.45) is 5.92 Å². The molecule has 8 heteroatoms. The Morgan fingerprint density at radius 2 is 2.20 bits per heavy atom. The lowest BCUT2D eigenvalue weighted by molar-refractivity contribution is 0.133. The number of aliphatic hydroxyl groups is 1. The number of nitrogens with zero attached hydrogens (tertiary/aromatic N) is 1. The van der Waals surface area contributed by atoms with Gasteiger partial charge in [-0.2, -0.15) is 4.31 Å². The molecule has 0 amide bonds. The molecule has 1 aromatic rings. The Morgan fingerprint density at radius 1 is 1.55 bits per heavy atom. The van der Waals surface area contributed by atoms with Gasteiger partial charge >= 0.3 is 0 Å². The van der Waals surface area contributed by atoms with Crippen molar-refractivity contribution in [1.82, 2.24) is 4.31 Å². The molecule has 1 saturated heterocycles. The molecule has 1 aliphatic heterocycles. The van der Waals surface area contributed by atoms with E-state index in [0.717, 1.165) is 6.07 Å². The van der Waals surface area contributed by atoms with Gasteiger partial charge in [0.25, 0.3) is 0 Å². The van der Waals surface area contributed by atoms with Crippen molar-refractivity contribution >= 4 is 31.6 Å². The van der Waals surface area contributed by atoms with Crippen LogP contribution < -0.4 is 5.73 Å². The Kier molecular flexibility index (Phi) is 4.38. The topological polar surface area (TPSA) is 83.6 Å². The van der Waals surface area contributed by atoms with Crippen LogP contribution in [0, 0.1) is 11.7 Å². The van der Waals surface area contributed by atoms with E-state index < -0.39 is 21.9 Å². The molecule has 20 heavy (non-hydrogen) atoms. The van der Waals surface area contributed by atoms with Crippen LogP contribution in [0.25, 0.3) is 0 Å². The molecule has 112 valence electrons. The highest BCUT2D eigenvalue weighted by Crippen LogP contribution is 2.31. The first-order valence-electron chi connectivity index (χ1n) is 6.16. The van der Waals surface area contributed by atoms with Gasteiger partial charge in [0.05, 0.1) is 16.3 Å². The van der Waals surface area contributed by atoms with E-state index in [1.54, 1.807) is 6.92 Å². The van der Waals surface area contributed by atoms with Crippen LogP contribution in [0.4, 0.5) is 10.1 Å². The highest BCUT2D eigenvalue weighted by atomic mass is 79.9. The van der Waals surface area contributed by atoms with E-state index in [0.29, 0.717) is 13.0 Å². The molecule has 0 spiro atoms. The highest BCUT2D eigenvalue weighted by Gasteiger charge is 2.35. The molecule has 3 N–H and O–H groups in total.